The van der Waals surface area contributed by atoms with Gasteiger partial charge in [-0.2, -0.15) is 0 Å². The Hall–Kier alpha value is -2.73. The standard InChI is InChI=1S/C23H27N3O2S/c1-6-14(2)16-9-12-19-18(13-16)25-20(28-19)15-7-10-17(11-8-15)24-22(29)26-21(27)23(3,4)5/h7-14H,6H2,1-5H3,(H2,24,26,27,29). The maximum atomic E-state index is 12.0. The molecule has 0 saturated carbocycles. The fourth-order valence-electron chi connectivity index (χ4n) is 2.76. The van der Waals surface area contributed by atoms with Gasteiger partial charge >= 0.3 is 0 Å². The van der Waals surface area contributed by atoms with E-state index in [2.05, 4.69) is 41.6 Å². The van der Waals surface area contributed by atoms with E-state index in [1.54, 1.807) is 0 Å². The summed E-state index contributed by atoms with van der Waals surface area (Å²) in [6.45, 7) is 9.91. The Morgan fingerprint density at radius 3 is 2.48 bits per heavy atom. The van der Waals surface area contributed by atoms with Crippen LogP contribution in [-0.4, -0.2) is 16.0 Å². The Labute approximate surface area is 176 Å². The third kappa shape index (κ3) is 5.01. The normalized spacial score (nSPS) is 12.6. The second-order valence-corrected chi connectivity index (χ2v) is 8.70. The van der Waals surface area contributed by atoms with E-state index in [0.29, 0.717) is 11.8 Å². The molecule has 0 aliphatic rings. The van der Waals surface area contributed by atoms with Crippen molar-refractivity contribution in [2.75, 3.05) is 5.32 Å². The van der Waals surface area contributed by atoms with Gasteiger partial charge in [0.2, 0.25) is 11.8 Å². The highest BCUT2D eigenvalue weighted by Gasteiger charge is 2.22. The molecule has 0 aliphatic heterocycles. The molecule has 5 nitrogen and oxygen atoms in total. The molecule has 6 heteroatoms. The average molecular weight is 410 g/mol. The predicted molar refractivity (Wildman–Crippen MR) is 122 cm³/mol. The molecule has 2 N–H and O–H groups in total. The summed E-state index contributed by atoms with van der Waals surface area (Å²) in [5, 5.41) is 6.00. The third-order valence-corrected chi connectivity index (χ3v) is 5.10. The number of benzene rings is 2. The second kappa shape index (κ2) is 8.33. The molecule has 29 heavy (non-hydrogen) atoms. The lowest BCUT2D eigenvalue weighted by Crippen LogP contribution is -2.41. The number of fused-ring (bicyclic) bond motifs is 1. The van der Waals surface area contributed by atoms with Crippen molar-refractivity contribution in [1.29, 1.82) is 0 Å². The first kappa shape index (κ1) is 21.0. The molecular weight excluding hydrogens is 382 g/mol. The van der Waals surface area contributed by atoms with Crippen LogP contribution >= 0.6 is 12.2 Å². The number of amides is 1. The molecule has 0 saturated heterocycles. The lowest BCUT2D eigenvalue weighted by atomic mass is 9.96. The van der Waals surface area contributed by atoms with Gasteiger partial charge in [-0.25, -0.2) is 4.98 Å². The van der Waals surface area contributed by atoms with Crippen molar-refractivity contribution >= 4 is 40.0 Å². The first-order chi connectivity index (χ1) is 13.7. The van der Waals surface area contributed by atoms with E-state index < -0.39 is 5.41 Å². The van der Waals surface area contributed by atoms with E-state index in [0.717, 1.165) is 28.8 Å². The second-order valence-electron chi connectivity index (χ2n) is 8.29. The number of hydrogen-bond acceptors (Lipinski definition) is 4. The number of aromatic nitrogens is 1. The molecule has 0 bridgehead atoms. The van der Waals surface area contributed by atoms with Gasteiger partial charge in [0.05, 0.1) is 0 Å². The minimum absolute atomic E-state index is 0.130. The van der Waals surface area contributed by atoms with E-state index in [4.69, 9.17) is 16.6 Å². The summed E-state index contributed by atoms with van der Waals surface area (Å²) in [6, 6.07) is 13.8. The highest BCUT2D eigenvalue weighted by atomic mass is 32.1. The number of hydrogen-bond donors (Lipinski definition) is 2. The molecule has 152 valence electrons. The van der Waals surface area contributed by atoms with Crippen molar-refractivity contribution in [3.8, 4) is 11.5 Å². The molecule has 0 radical (unpaired) electrons. The largest absolute Gasteiger partial charge is 0.436 e. The van der Waals surface area contributed by atoms with Gasteiger partial charge in [-0.3, -0.25) is 4.79 Å². The molecule has 1 atom stereocenters. The van der Waals surface area contributed by atoms with E-state index >= 15 is 0 Å². The summed E-state index contributed by atoms with van der Waals surface area (Å²) >= 11 is 5.22. The number of nitrogens with one attached hydrogen (secondary N) is 2. The number of carbonyl (C=O) groups is 1. The van der Waals surface area contributed by atoms with E-state index in [1.165, 1.54) is 5.56 Å². The van der Waals surface area contributed by atoms with Crippen LogP contribution in [-0.2, 0) is 4.79 Å². The van der Waals surface area contributed by atoms with Gasteiger partial charge in [0.1, 0.15) is 5.52 Å². The van der Waals surface area contributed by atoms with Crippen molar-refractivity contribution in [3.63, 3.8) is 0 Å². The van der Waals surface area contributed by atoms with Gasteiger partial charge in [0.25, 0.3) is 0 Å². The Balaban J connectivity index is 1.73. The van der Waals surface area contributed by atoms with Gasteiger partial charge in [-0.1, -0.05) is 40.7 Å². The lowest BCUT2D eigenvalue weighted by molar-refractivity contribution is -0.126. The summed E-state index contributed by atoms with van der Waals surface area (Å²) < 4.78 is 5.92. The van der Waals surface area contributed by atoms with Gasteiger partial charge in [-0.05, 0) is 66.5 Å². The zero-order valence-corrected chi connectivity index (χ0v) is 18.3. The first-order valence-corrected chi connectivity index (χ1v) is 10.2. The van der Waals surface area contributed by atoms with Crippen LogP contribution in [0.5, 0.6) is 0 Å². The fourth-order valence-corrected chi connectivity index (χ4v) is 2.97. The number of anilines is 1. The van der Waals surface area contributed by atoms with Crippen LogP contribution in [0.25, 0.3) is 22.6 Å². The zero-order valence-electron chi connectivity index (χ0n) is 17.5. The zero-order chi connectivity index (χ0) is 21.2. The van der Waals surface area contributed by atoms with E-state index in [9.17, 15) is 4.79 Å². The molecule has 0 fully saturated rings. The quantitative estimate of drug-likeness (QED) is 0.528. The van der Waals surface area contributed by atoms with Crippen LogP contribution < -0.4 is 10.6 Å². The van der Waals surface area contributed by atoms with Crippen LogP contribution in [0.4, 0.5) is 5.69 Å². The minimum atomic E-state index is -0.503. The van der Waals surface area contributed by atoms with Crippen molar-refractivity contribution < 1.29 is 9.21 Å². The van der Waals surface area contributed by atoms with Crippen molar-refractivity contribution in [1.82, 2.24) is 10.3 Å². The number of thiocarbonyl (C=S) groups is 1. The van der Waals surface area contributed by atoms with Crippen LogP contribution in [0.2, 0.25) is 0 Å². The molecule has 1 unspecified atom stereocenters. The third-order valence-electron chi connectivity index (χ3n) is 4.89. The van der Waals surface area contributed by atoms with Gasteiger partial charge in [-0.15, -0.1) is 0 Å². The maximum Gasteiger partial charge on any atom is 0.231 e. The number of rotatable bonds is 4. The summed E-state index contributed by atoms with van der Waals surface area (Å²) in [4.78, 5) is 16.7. The topological polar surface area (TPSA) is 67.2 Å². The van der Waals surface area contributed by atoms with Crippen molar-refractivity contribution in [3.05, 3.63) is 48.0 Å². The Bertz CT molecular complexity index is 1030. The average Bonchev–Trinajstić information content (AvgIpc) is 3.10. The summed E-state index contributed by atoms with van der Waals surface area (Å²) in [5.74, 6) is 0.943. The highest BCUT2D eigenvalue weighted by Crippen LogP contribution is 2.28. The van der Waals surface area contributed by atoms with Crippen molar-refractivity contribution in [2.45, 2.75) is 47.0 Å². The molecule has 1 heterocycles. The number of nitrogens with zero attached hydrogens (tertiary/aromatic N) is 1. The van der Waals surface area contributed by atoms with Crippen LogP contribution in [0.1, 0.15) is 52.5 Å². The predicted octanol–water partition coefficient (Wildman–Crippen LogP) is 5.87. The fraction of sp³-hybridized carbons (Fsp3) is 0.348. The number of carbonyl (C=O) groups excluding carboxylic acids is 1. The van der Waals surface area contributed by atoms with Crippen LogP contribution in [0, 0.1) is 5.41 Å². The Morgan fingerprint density at radius 2 is 1.86 bits per heavy atom. The summed E-state index contributed by atoms with van der Waals surface area (Å²) in [7, 11) is 0. The van der Waals surface area contributed by atoms with Crippen molar-refractivity contribution in [2.24, 2.45) is 5.41 Å². The Kier molecular flexibility index (Phi) is 6.03. The summed E-state index contributed by atoms with van der Waals surface area (Å²) in [5.41, 5.74) is 4.07. The monoisotopic (exact) mass is 409 g/mol. The van der Waals surface area contributed by atoms with Crippen LogP contribution in [0.3, 0.4) is 0 Å². The number of oxazole rings is 1. The minimum Gasteiger partial charge on any atom is -0.436 e. The molecule has 3 aromatic rings. The van der Waals surface area contributed by atoms with E-state index in [1.807, 2.05) is 51.1 Å². The maximum absolute atomic E-state index is 12.0. The van der Waals surface area contributed by atoms with Gasteiger partial charge < -0.3 is 15.1 Å². The smallest absolute Gasteiger partial charge is 0.231 e. The van der Waals surface area contributed by atoms with Crippen LogP contribution in [0.15, 0.2) is 46.9 Å². The molecule has 0 spiro atoms. The van der Waals surface area contributed by atoms with E-state index in [-0.39, 0.29) is 11.0 Å². The lowest BCUT2D eigenvalue weighted by Gasteiger charge is -2.18. The molecule has 3 rings (SSSR count). The molecular formula is C23H27N3O2S. The SMILES string of the molecule is CCC(C)c1ccc2oc(-c3ccc(NC(=S)NC(=O)C(C)(C)C)cc3)nc2c1. The molecule has 1 amide bonds. The van der Waals surface area contributed by atoms with Gasteiger partial charge in [0.15, 0.2) is 10.7 Å². The first-order valence-electron chi connectivity index (χ1n) is 9.80. The highest BCUT2D eigenvalue weighted by molar-refractivity contribution is 7.80. The summed E-state index contributed by atoms with van der Waals surface area (Å²) in [6.07, 6.45) is 1.09. The molecule has 0 aliphatic carbocycles. The Morgan fingerprint density at radius 1 is 1.17 bits per heavy atom. The molecule has 1 aromatic heterocycles. The molecule has 2 aromatic carbocycles. The van der Waals surface area contributed by atoms with Gasteiger partial charge in [0, 0.05) is 16.7 Å².